The van der Waals surface area contributed by atoms with Crippen LogP contribution in [-0.4, -0.2) is 41.1 Å². The SMILES string of the molecule is Cc1cc(C(=O)N2CCO[C@@H]3CCCC[C@H]32)c2ccccc2n1. The Kier molecular flexibility index (Phi) is 3.77. The summed E-state index contributed by atoms with van der Waals surface area (Å²) < 4.78 is 5.90. The molecule has 2 aliphatic rings. The molecule has 0 spiro atoms. The Morgan fingerprint density at radius 1 is 1.26 bits per heavy atom. The molecular weight excluding hydrogens is 288 g/mol. The van der Waals surface area contributed by atoms with Crippen molar-refractivity contribution >= 4 is 16.8 Å². The lowest BCUT2D eigenvalue weighted by molar-refractivity contribution is -0.0752. The van der Waals surface area contributed by atoms with Crippen LogP contribution in [-0.2, 0) is 4.74 Å². The van der Waals surface area contributed by atoms with Crippen LogP contribution >= 0.6 is 0 Å². The topological polar surface area (TPSA) is 42.4 Å². The number of ether oxygens (including phenoxy) is 1. The molecule has 1 saturated heterocycles. The lowest BCUT2D eigenvalue weighted by Crippen LogP contribution is -2.54. The van der Waals surface area contributed by atoms with Gasteiger partial charge >= 0.3 is 0 Å². The fraction of sp³-hybridized carbons (Fsp3) is 0.474. The first-order chi connectivity index (χ1) is 11.2. The molecule has 120 valence electrons. The zero-order valence-electron chi connectivity index (χ0n) is 13.5. The standard InChI is InChI=1S/C19H22N2O2/c1-13-12-15(14-6-2-3-7-16(14)20-13)19(22)21-10-11-23-18-9-5-4-8-17(18)21/h2-3,6-7,12,17-18H,4-5,8-11H2,1H3/t17-,18-/m1/s1. The molecule has 1 aromatic carbocycles. The van der Waals surface area contributed by atoms with Gasteiger partial charge < -0.3 is 9.64 Å². The monoisotopic (exact) mass is 310 g/mol. The number of morpholine rings is 1. The summed E-state index contributed by atoms with van der Waals surface area (Å²) in [6, 6.07) is 10.1. The van der Waals surface area contributed by atoms with Gasteiger partial charge in [-0.15, -0.1) is 0 Å². The molecule has 1 saturated carbocycles. The van der Waals surface area contributed by atoms with E-state index in [2.05, 4.69) is 9.88 Å². The zero-order valence-corrected chi connectivity index (χ0v) is 13.5. The summed E-state index contributed by atoms with van der Waals surface area (Å²) in [6.45, 7) is 3.29. The van der Waals surface area contributed by atoms with E-state index in [-0.39, 0.29) is 18.1 Å². The smallest absolute Gasteiger partial charge is 0.255 e. The van der Waals surface area contributed by atoms with Crippen LogP contribution < -0.4 is 0 Å². The number of nitrogens with zero attached hydrogens (tertiary/aromatic N) is 2. The van der Waals surface area contributed by atoms with Gasteiger partial charge in [-0.1, -0.05) is 31.0 Å². The molecule has 0 unspecified atom stereocenters. The molecule has 1 aromatic heterocycles. The lowest BCUT2D eigenvalue weighted by atomic mass is 9.89. The molecule has 23 heavy (non-hydrogen) atoms. The maximum absolute atomic E-state index is 13.3. The molecule has 4 heteroatoms. The maximum Gasteiger partial charge on any atom is 0.255 e. The number of aryl methyl sites for hydroxylation is 1. The van der Waals surface area contributed by atoms with Gasteiger partial charge in [0.2, 0.25) is 0 Å². The number of aromatic nitrogens is 1. The van der Waals surface area contributed by atoms with E-state index in [0.29, 0.717) is 13.2 Å². The van der Waals surface area contributed by atoms with E-state index >= 15 is 0 Å². The van der Waals surface area contributed by atoms with Crippen molar-refractivity contribution in [3.8, 4) is 0 Å². The summed E-state index contributed by atoms with van der Waals surface area (Å²) in [4.78, 5) is 19.9. The van der Waals surface area contributed by atoms with Crippen molar-refractivity contribution in [2.45, 2.75) is 44.8 Å². The van der Waals surface area contributed by atoms with Gasteiger partial charge in [-0.3, -0.25) is 9.78 Å². The lowest BCUT2D eigenvalue weighted by Gasteiger charge is -2.43. The molecule has 1 aliphatic carbocycles. The molecule has 4 nitrogen and oxygen atoms in total. The van der Waals surface area contributed by atoms with Crippen molar-refractivity contribution in [3.63, 3.8) is 0 Å². The molecule has 0 radical (unpaired) electrons. The third-order valence-electron chi connectivity index (χ3n) is 5.07. The summed E-state index contributed by atoms with van der Waals surface area (Å²) in [5.74, 6) is 0.131. The number of pyridine rings is 1. The second kappa shape index (κ2) is 5.93. The average molecular weight is 310 g/mol. The minimum absolute atomic E-state index is 0.131. The Morgan fingerprint density at radius 3 is 3.00 bits per heavy atom. The average Bonchev–Trinajstić information content (AvgIpc) is 2.60. The van der Waals surface area contributed by atoms with Crippen LogP contribution in [0.15, 0.2) is 30.3 Å². The number of para-hydroxylation sites is 1. The van der Waals surface area contributed by atoms with E-state index in [9.17, 15) is 4.79 Å². The Labute approximate surface area is 136 Å². The second-order valence-corrected chi connectivity index (χ2v) is 6.59. The Balaban J connectivity index is 1.74. The van der Waals surface area contributed by atoms with Gasteiger partial charge in [0.05, 0.1) is 29.8 Å². The molecule has 2 heterocycles. The highest BCUT2D eigenvalue weighted by Gasteiger charge is 2.37. The van der Waals surface area contributed by atoms with Crippen LogP contribution in [0.5, 0.6) is 0 Å². The first-order valence-corrected chi connectivity index (χ1v) is 8.53. The summed E-state index contributed by atoms with van der Waals surface area (Å²) in [5, 5.41) is 0.946. The predicted octanol–water partition coefficient (Wildman–Crippen LogP) is 3.33. The van der Waals surface area contributed by atoms with E-state index in [1.54, 1.807) is 0 Å². The molecule has 0 N–H and O–H groups in total. The largest absolute Gasteiger partial charge is 0.374 e. The highest BCUT2D eigenvalue weighted by Crippen LogP contribution is 2.30. The number of carbonyl (C=O) groups is 1. The summed E-state index contributed by atoms with van der Waals surface area (Å²) >= 11 is 0. The van der Waals surface area contributed by atoms with Crippen molar-refractivity contribution < 1.29 is 9.53 Å². The Hall–Kier alpha value is -1.94. The number of rotatable bonds is 1. The van der Waals surface area contributed by atoms with Crippen molar-refractivity contribution in [1.82, 2.24) is 9.88 Å². The molecule has 2 aromatic rings. The Bertz CT molecular complexity index is 741. The van der Waals surface area contributed by atoms with Gasteiger partial charge in [0.1, 0.15) is 0 Å². The van der Waals surface area contributed by atoms with E-state index in [4.69, 9.17) is 4.74 Å². The maximum atomic E-state index is 13.3. The number of carbonyl (C=O) groups excluding carboxylic acids is 1. The van der Waals surface area contributed by atoms with Crippen LogP contribution in [0.4, 0.5) is 0 Å². The highest BCUT2D eigenvalue weighted by atomic mass is 16.5. The molecular formula is C19H22N2O2. The fourth-order valence-electron chi connectivity index (χ4n) is 3.99. The quantitative estimate of drug-likeness (QED) is 0.811. The summed E-state index contributed by atoms with van der Waals surface area (Å²) in [5.41, 5.74) is 2.56. The predicted molar refractivity (Wildman–Crippen MR) is 89.5 cm³/mol. The highest BCUT2D eigenvalue weighted by molar-refractivity contribution is 6.06. The van der Waals surface area contributed by atoms with Crippen molar-refractivity contribution in [2.75, 3.05) is 13.2 Å². The van der Waals surface area contributed by atoms with E-state index in [0.717, 1.165) is 35.0 Å². The zero-order chi connectivity index (χ0) is 15.8. The van der Waals surface area contributed by atoms with Gasteiger partial charge in [-0.25, -0.2) is 0 Å². The number of fused-ring (bicyclic) bond motifs is 2. The van der Waals surface area contributed by atoms with Crippen molar-refractivity contribution in [1.29, 1.82) is 0 Å². The first kappa shape index (κ1) is 14.6. The van der Waals surface area contributed by atoms with Crippen molar-refractivity contribution in [3.05, 3.63) is 41.6 Å². The van der Waals surface area contributed by atoms with Crippen LogP contribution in [0.2, 0.25) is 0 Å². The minimum atomic E-state index is 0.131. The normalized spacial score (nSPS) is 24.5. The Morgan fingerprint density at radius 2 is 2.09 bits per heavy atom. The molecule has 4 rings (SSSR count). The fourth-order valence-corrected chi connectivity index (χ4v) is 3.99. The van der Waals surface area contributed by atoms with Gasteiger partial charge in [-0.2, -0.15) is 0 Å². The number of benzene rings is 1. The summed E-state index contributed by atoms with van der Waals surface area (Å²) in [6.07, 6.45) is 4.74. The second-order valence-electron chi connectivity index (χ2n) is 6.59. The molecule has 1 aliphatic heterocycles. The minimum Gasteiger partial charge on any atom is -0.374 e. The van der Waals surface area contributed by atoms with Gasteiger partial charge in [0.15, 0.2) is 0 Å². The van der Waals surface area contributed by atoms with Gasteiger partial charge in [0.25, 0.3) is 5.91 Å². The van der Waals surface area contributed by atoms with Crippen LogP contribution in [0.25, 0.3) is 10.9 Å². The molecule has 0 bridgehead atoms. The number of amides is 1. The van der Waals surface area contributed by atoms with Crippen molar-refractivity contribution in [2.24, 2.45) is 0 Å². The summed E-state index contributed by atoms with van der Waals surface area (Å²) in [7, 11) is 0. The van der Waals surface area contributed by atoms with Crippen LogP contribution in [0, 0.1) is 6.92 Å². The third-order valence-corrected chi connectivity index (χ3v) is 5.07. The third kappa shape index (κ3) is 2.61. The van der Waals surface area contributed by atoms with E-state index < -0.39 is 0 Å². The van der Waals surface area contributed by atoms with Gasteiger partial charge in [-0.05, 0) is 31.9 Å². The molecule has 1 amide bonds. The molecule has 2 atom stereocenters. The van der Waals surface area contributed by atoms with Gasteiger partial charge in [0, 0.05) is 17.6 Å². The van der Waals surface area contributed by atoms with E-state index in [1.165, 1.54) is 12.8 Å². The van der Waals surface area contributed by atoms with Crippen LogP contribution in [0.3, 0.4) is 0 Å². The number of hydrogen-bond donors (Lipinski definition) is 0. The first-order valence-electron chi connectivity index (χ1n) is 8.53. The van der Waals surface area contributed by atoms with E-state index in [1.807, 2.05) is 37.3 Å². The molecule has 2 fully saturated rings. The number of hydrogen-bond acceptors (Lipinski definition) is 3. The van der Waals surface area contributed by atoms with Crippen LogP contribution in [0.1, 0.15) is 41.7 Å².